The number of hydrogen-bond acceptors (Lipinski definition) is 12. The van der Waals surface area contributed by atoms with Crippen molar-refractivity contribution in [2.75, 3.05) is 5.73 Å². The number of aryl methyl sites for hydroxylation is 1. The minimum Gasteiger partial charge on any atom is -0.480 e. The number of aromatic nitrogens is 1. The monoisotopic (exact) mass is 728 g/mol. The number of hydrogen-bond donors (Lipinski definition) is 9. The molecule has 0 fully saturated rings. The maximum absolute atomic E-state index is 13.4. The summed E-state index contributed by atoms with van der Waals surface area (Å²) in [7, 11) is 0. The molecule has 1 aliphatic carbocycles. The first-order chi connectivity index (χ1) is 24.1. The summed E-state index contributed by atoms with van der Waals surface area (Å²) in [6, 6.07) is -2.67. The number of carbonyl (C=O) groups is 6. The first-order valence-corrected chi connectivity index (χ1v) is 16.3. The van der Waals surface area contributed by atoms with E-state index >= 15 is 0 Å². The molecule has 1 heterocycles. The maximum atomic E-state index is 13.4. The van der Waals surface area contributed by atoms with Crippen molar-refractivity contribution in [3.63, 3.8) is 0 Å². The van der Waals surface area contributed by atoms with E-state index in [9.17, 15) is 54.0 Å². The summed E-state index contributed by atoms with van der Waals surface area (Å²) in [4.78, 5) is 92.9. The molecule has 3 rings (SSSR count). The highest BCUT2D eigenvalue weighted by Crippen LogP contribution is 2.39. The van der Waals surface area contributed by atoms with Crippen LogP contribution >= 0.6 is 0 Å². The molecule has 4 unspecified atom stereocenters. The number of aliphatic hydroxyl groups excluding tert-OH is 2. The number of anilines is 1. The molecule has 10 N–H and O–H groups in total. The molecule has 1 aliphatic heterocycles. The molecule has 1 aromatic carbocycles. The van der Waals surface area contributed by atoms with Gasteiger partial charge in [-0.05, 0) is 45.1 Å². The molecule has 282 valence electrons. The fourth-order valence-corrected chi connectivity index (χ4v) is 5.55. The van der Waals surface area contributed by atoms with E-state index < -0.39 is 94.9 Å². The van der Waals surface area contributed by atoms with Crippen molar-refractivity contribution >= 4 is 52.4 Å². The molecular weight excluding hydrogens is 684 g/mol. The van der Waals surface area contributed by atoms with Gasteiger partial charge in [0.1, 0.15) is 23.3 Å². The van der Waals surface area contributed by atoms with Gasteiger partial charge in [0, 0.05) is 16.7 Å². The topological polar surface area (TPSA) is 301 Å². The number of nitrogens with one attached hydrogen (secondary N) is 4. The van der Waals surface area contributed by atoms with Crippen molar-refractivity contribution in [1.82, 2.24) is 26.3 Å². The van der Waals surface area contributed by atoms with Crippen LogP contribution < -0.4 is 32.4 Å². The summed E-state index contributed by atoms with van der Waals surface area (Å²) in [5.74, 6) is -9.24. The summed E-state index contributed by atoms with van der Waals surface area (Å²) < 4.78 is 6.20. The number of nitrogens with two attached hydrogens (primary N) is 1. The zero-order valence-electron chi connectivity index (χ0n) is 29.9. The van der Waals surface area contributed by atoms with Crippen LogP contribution in [0.5, 0.6) is 0 Å². The predicted octanol–water partition coefficient (Wildman–Crippen LogP) is 0.0188. The standard InChI is InChI=1S/C34H44N6O12/c1-11(2)20(33(48)49)37-29(44)31(46)39-22(15(7)41)17-10-9-13(5)27-24(17)36-25-18(19(35)26(43)14(6)28(25)52-27)23(16(8)42)40-32(47)30(45)38-21(12(3)4)34(50)51/h9-12,15-16,20-23,41-42H,35H2,1-8H3,(H,37,44)(H,38,45)(H,39,46)(H,40,47)(H,48,49)(H,50,51)/t15?,16?,20-,21-,22?,23?/m0/s1. The maximum Gasteiger partial charge on any atom is 0.326 e. The SMILES string of the molecule is Cc1c2oc3c(C)ccc(C(NC(=O)C(=O)N[C@H](C(=O)O)C(C)C)C(C)O)c3nc-2c(C(NC(=O)C(=O)N[C@H](C(=O)O)C(C)C)C(C)O)c(N)c1=O. The Morgan fingerprint density at radius 3 is 1.60 bits per heavy atom. The molecule has 18 nitrogen and oxygen atoms in total. The van der Waals surface area contributed by atoms with Gasteiger partial charge in [-0.2, -0.15) is 0 Å². The molecule has 0 spiro atoms. The van der Waals surface area contributed by atoms with Crippen LogP contribution in [-0.2, 0) is 28.8 Å². The van der Waals surface area contributed by atoms with E-state index in [1.165, 1.54) is 54.5 Å². The minimum absolute atomic E-state index is 0.000265. The predicted molar refractivity (Wildman–Crippen MR) is 185 cm³/mol. The van der Waals surface area contributed by atoms with Gasteiger partial charge in [-0.15, -0.1) is 0 Å². The molecule has 4 amide bonds. The van der Waals surface area contributed by atoms with Crippen LogP contribution in [0.25, 0.3) is 22.6 Å². The second kappa shape index (κ2) is 16.2. The molecule has 1 aromatic rings. The van der Waals surface area contributed by atoms with E-state index in [-0.39, 0.29) is 39.2 Å². The lowest BCUT2D eigenvalue weighted by atomic mass is 9.92. The van der Waals surface area contributed by atoms with Crippen molar-refractivity contribution in [1.29, 1.82) is 0 Å². The number of aliphatic carboxylic acids is 2. The van der Waals surface area contributed by atoms with Crippen molar-refractivity contribution in [2.45, 2.75) is 91.8 Å². The van der Waals surface area contributed by atoms with Gasteiger partial charge in [-0.3, -0.25) is 24.0 Å². The van der Waals surface area contributed by atoms with Gasteiger partial charge < -0.3 is 51.8 Å². The molecule has 6 atom stereocenters. The molecule has 2 aliphatic rings. The van der Waals surface area contributed by atoms with Crippen LogP contribution in [-0.4, -0.2) is 85.3 Å². The molecular formula is C34H44N6O12. The Bertz CT molecular complexity index is 1940. The minimum atomic E-state index is -1.58. The first-order valence-electron chi connectivity index (χ1n) is 16.3. The zero-order valence-corrected chi connectivity index (χ0v) is 29.9. The van der Waals surface area contributed by atoms with E-state index in [4.69, 9.17) is 15.1 Å². The number of nitrogen functional groups attached to an aromatic ring is 1. The summed E-state index contributed by atoms with van der Waals surface area (Å²) in [5.41, 5.74) is 5.37. The van der Waals surface area contributed by atoms with Crippen molar-refractivity contribution in [3.8, 4) is 11.5 Å². The summed E-state index contributed by atoms with van der Waals surface area (Å²) in [5, 5.41) is 49.5. The van der Waals surface area contributed by atoms with E-state index in [1.54, 1.807) is 13.0 Å². The Morgan fingerprint density at radius 1 is 0.731 bits per heavy atom. The Hall–Kier alpha value is -5.62. The van der Waals surface area contributed by atoms with E-state index in [0.29, 0.717) is 5.56 Å². The summed E-state index contributed by atoms with van der Waals surface area (Å²) in [6.07, 6.45) is -2.90. The number of carboxylic acid groups (broad SMARTS) is 2. The second-order valence-electron chi connectivity index (χ2n) is 13.3. The molecule has 0 saturated carbocycles. The lowest BCUT2D eigenvalue weighted by Crippen LogP contribution is -2.51. The number of amides is 4. The molecule has 0 saturated heterocycles. The van der Waals surface area contributed by atoms with Gasteiger partial charge in [0.25, 0.3) is 0 Å². The Kier molecular flexibility index (Phi) is 12.7. The van der Waals surface area contributed by atoms with Crippen LogP contribution in [0.1, 0.15) is 75.9 Å². The number of benzene rings is 2. The van der Waals surface area contributed by atoms with Crippen molar-refractivity contribution in [3.05, 3.63) is 44.6 Å². The Labute approximate surface area is 297 Å². The van der Waals surface area contributed by atoms with Gasteiger partial charge in [-0.25, -0.2) is 14.6 Å². The second-order valence-corrected chi connectivity index (χ2v) is 13.3. The quantitative estimate of drug-likeness (QED) is 0.0675. The van der Waals surface area contributed by atoms with E-state index in [1.807, 2.05) is 0 Å². The average molecular weight is 729 g/mol. The molecule has 0 bridgehead atoms. The van der Waals surface area contributed by atoms with Gasteiger partial charge in [0.2, 0.25) is 5.43 Å². The Balaban J connectivity index is 2.23. The first kappa shape index (κ1) is 40.8. The third kappa shape index (κ3) is 8.46. The van der Waals surface area contributed by atoms with E-state index in [0.717, 1.165) is 0 Å². The van der Waals surface area contributed by atoms with Gasteiger partial charge in [0.05, 0.1) is 30.0 Å². The highest BCUT2D eigenvalue weighted by atomic mass is 16.4. The van der Waals surface area contributed by atoms with Crippen LogP contribution in [0.15, 0.2) is 21.3 Å². The van der Waals surface area contributed by atoms with E-state index in [2.05, 4.69) is 21.3 Å². The van der Waals surface area contributed by atoms with Crippen LogP contribution in [0.2, 0.25) is 0 Å². The van der Waals surface area contributed by atoms with Crippen molar-refractivity contribution < 1.29 is 53.6 Å². The third-order valence-electron chi connectivity index (χ3n) is 8.51. The molecule has 0 aromatic heterocycles. The number of carbonyl (C=O) groups excluding carboxylic acids is 4. The summed E-state index contributed by atoms with van der Waals surface area (Å²) in [6.45, 7) is 11.7. The summed E-state index contributed by atoms with van der Waals surface area (Å²) >= 11 is 0. The lowest BCUT2D eigenvalue weighted by molar-refractivity contribution is -0.146. The van der Waals surface area contributed by atoms with Crippen LogP contribution in [0, 0.1) is 25.7 Å². The zero-order chi connectivity index (χ0) is 39.5. The highest BCUT2D eigenvalue weighted by molar-refractivity contribution is 6.36. The fourth-order valence-electron chi connectivity index (χ4n) is 5.55. The van der Waals surface area contributed by atoms with Gasteiger partial charge in [-0.1, -0.05) is 39.8 Å². The molecule has 18 heteroatoms. The van der Waals surface area contributed by atoms with Gasteiger partial charge >= 0.3 is 35.6 Å². The van der Waals surface area contributed by atoms with Crippen LogP contribution in [0.4, 0.5) is 5.69 Å². The lowest BCUT2D eigenvalue weighted by Gasteiger charge is -2.27. The number of carboxylic acids is 2. The fraction of sp³-hybridized carbons (Fsp3) is 0.471. The van der Waals surface area contributed by atoms with Gasteiger partial charge in [0.15, 0.2) is 11.3 Å². The van der Waals surface area contributed by atoms with Crippen molar-refractivity contribution in [2.24, 2.45) is 11.8 Å². The molecule has 0 radical (unpaired) electrons. The normalized spacial score (nSPS) is 15.0. The third-order valence-corrected chi connectivity index (χ3v) is 8.51. The number of rotatable bonds is 12. The highest BCUT2D eigenvalue weighted by Gasteiger charge is 2.36. The number of nitrogens with zero attached hydrogens (tertiary/aromatic N) is 1. The molecule has 52 heavy (non-hydrogen) atoms. The smallest absolute Gasteiger partial charge is 0.326 e. The number of aliphatic hydroxyl groups is 2. The Morgan fingerprint density at radius 2 is 1.17 bits per heavy atom. The largest absolute Gasteiger partial charge is 0.480 e. The van der Waals surface area contributed by atoms with Crippen LogP contribution in [0.3, 0.4) is 0 Å². The number of fused-ring (bicyclic) bond motifs is 2. The average Bonchev–Trinajstić information content (AvgIpc) is 3.05.